The summed E-state index contributed by atoms with van der Waals surface area (Å²) in [6, 6.07) is 3.26. The van der Waals surface area contributed by atoms with Gasteiger partial charge in [0.15, 0.2) is 28.1 Å². The summed E-state index contributed by atoms with van der Waals surface area (Å²) in [5.41, 5.74) is 4.09. The van der Waals surface area contributed by atoms with Crippen molar-refractivity contribution in [2.45, 2.75) is 183 Å². The molecule has 2 bridgehead atoms. The zero-order valence-corrected chi connectivity index (χ0v) is 37.9. The van der Waals surface area contributed by atoms with Crippen LogP contribution < -0.4 is 9.47 Å². The first-order chi connectivity index (χ1) is 23.7. The summed E-state index contributed by atoms with van der Waals surface area (Å²) in [6.07, 6.45) is 6.80. The van der Waals surface area contributed by atoms with E-state index in [1.807, 2.05) is 6.92 Å². The molecule has 0 radical (unpaired) electrons. The van der Waals surface area contributed by atoms with Crippen LogP contribution in [-0.4, -0.2) is 54.3 Å². The number of aromatic hydroxyl groups is 1. The van der Waals surface area contributed by atoms with Crippen molar-refractivity contribution >= 4 is 16.6 Å². The van der Waals surface area contributed by atoms with Gasteiger partial charge in [-0.05, 0) is 93.5 Å². The van der Waals surface area contributed by atoms with E-state index in [0.717, 1.165) is 66.3 Å². The van der Waals surface area contributed by atoms with Crippen LogP contribution in [0.15, 0.2) is 11.6 Å². The monoisotopic (exact) mass is 747 g/mol. The molecule has 51 heavy (non-hydrogen) atoms. The quantitative estimate of drug-likeness (QED) is 0.200. The summed E-state index contributed by atoms with van der Waals surface area (Å²) < 4.78 is 34.5. The Morgan fingerprint density at radius 3 is 1.96 bits per heavy atom. The molecule has 9 atom stereocenters. The third kappa shape index (κ3) is 9.87. The summed E-state index contributed by atoms with van der Waals surface area (Å²) >= 11 is 0. The van der Waals surface area contributed by atoms with Crippen LogP contribution in [-0.2, 0) is 20.0 Å². The van der Waals surface area contributed by atoms with Gasteiger partial charge in [-0.25, -0.2) is 0 Å². The standard InChI is InChI=1S/C43H78O6Si2/c1-18-51(19-2,20-3)48-36-26-34-37(38(44)42(46-15)33(10)40(34)45-14)41-32(9)39(49-50(16,17)43(11,12)13)31(8)35(47-41)22-21-27(4)23-28(5)24-29(6)25-30(36)7/h23,27,29-32,35-36,39,41,44H,18-22,24-26H2,1-17H3/b28-23+/t27-,29+,30-,31-,32+,35+,36-,39-,41+/m0/s1. The molecule has 2 heterocycles. The molecule has 0 spiro atoms. The summed E-state index contributed by atoms with van der Waals surface area (Å²) in [4.78, 5) is 0. The molecule has 6 nitrogen and oxygen atoms in total. The lowest BCUT2D eigenvalue weighted by molar-refractivity contribution is -0.165. The molecule has 1 aromatic carbocycles. The molecule has 2 aliphatic rings. The number of hydrogen-bond acceptors (Lipinski definition) is 6. The lowest BCUT2D eigenvalue weighted by Gasteiger charge is -2.50. The largest absolute Gasteiger partial charge is 0.504 e. The summed E-state index contributed by atoms with van der Waals surface area (Å²) in [7, 11) is -0.763. The second kappa shape index (κ2) is 17.9. The molecular weight excluding hydrogens is 669 g/mol. The number of fused-ring (bicyclic) bond motifs is 4. The molecule has 0 aliphatic carbocycles. The fourth-order valence-corrected chi connectivity index (χ4v) is 13.4. The first-order valence-corrected chi connectivity index (χ1v) is 25.8. The smallest absolute Gasteiger partial charge is 0.192 e. The molecule has 0 amide bonds. The van der Waals surface area contributed by atoms with Crippen molar-refractivity contribution in [3.63, 3.8) is 0 Å². The lowest BCUT2D eigenvalue weighted by Crippen LogP contribution is -2.53. The zero-order valence-electron chi connectivity index (χ0n) is 35.9. The highest BCUT2D eigenvalue weighted by Gasteiger charge is 2.49. The van der Waals surface area contributed by atoms with E-state index >= 15 is 0 Å². The Bertz CT molecular complexity index is 1310. The van der Waals surface area contributed by atoms with E-state index in [1.54, 1.807) is 14.2 Å². The zero-order chi connectivity index (χ0) is 38.6. The average Bonchev–Trinajstić information content (AvgIpc) is 3.04. The van der Waals surface area contributed by atoms with E-state index in [1.165, 1.54) is 5.57 Å². The minimum Gasteiger partial charge on any atom is -0.504 e. The maximum Gasteiger partial charge on any atom is 0.192 e. The number of rotatable bonds is 9. The number of phenols is 1. The molecular formula is C43H78O6Si2. The SMILES string of the molecule is CC[Si](CC)(CC)O[C@H]1Cc2c(OC)c(C)c(OC)c(O)c2[C@@H]2O[C@H](CC[C@H](C)/C=C(\C)C[C@@H](C)C[C@@H]1C)[C@H](C)[C@H](O[Si](C)(C)C(C)(C)C)[C@H]2C. The highest BCUT2D eigenvalue weighted by Crippen LogP contribution is 2.54. The second-order valence-corrected chi connectivity index (χ2v) is 27.8. The number of methoxy groups -OCH3 is 2. The van der Waals surface area contributed by atoms with Gasteiger partial charge in [0.2, 0.25) is 0 Å². The fourth-order valence-electron chi connectivity index (χ4n) is 8.99. The van der Waals surface area contributed by atoms with Crippen molar-refractivity contribution in [2.24, 2.45) is 29.6 Å². The predicted octanol–water partition coefficient (Wildman–Crippen LogP) is 12.2. The molecule has 0 aromatic heterocycles. The van der Waals surface area contributed by atoms with Gasteiger partial charge in [-0.1, -0.05) is 87.8 Å². The minimum atomic E-state index is -2.15. The van der Waals surface area contributed by atoms with Crippen molar-refractivity contribution in [2.75, 3.05) is 14.2 Å². The topological polar surface area (TPSA) is 66.4 Å². The first-order valence-electron chi connectivity index (χ1n) is 20.4. The van der Waals surface area contributed by atoms with Crippen LogP contribution >= 0.6 is 0 Å². The molecule has 1 saturated heterocycles. The molecule has 2 aliphatic heterocycles. The van der Waals surface area contributed by atoms with Gasteiger partial charge in [-0.3, -0.25) is 0 Å². The van der Waals surface area contributed by atoms with Crippen LogP contribution in [0.5, 0.6) is 17.2 Å². The van der Waals surface area contributed by atoms with Gasteiger partial charge in [0.1, 0.15) is 5.75 Å². The molecule has 3 rings (SSSR count). The predicted molar refractivity (Wildman–Crippen MR) is 219 cm³/mol. The molecule has 1 N–H and O–H groups in total. The Hall–Kier alpha value is -1.33. The molecule has 0 saturated carbocycles. The van der Waals surface area contributed by atoms with Gasteiger partial charge in [0.05, 0.1) is 38.6 Å². The third-order valence-corrected chi connectivity index (χ3v) is 22.5. The Balaban J connectivity index is 2.38. The number of ether oxygens (including phenoxy) is 3. The molecule has 0 unspecified atom stereocenters. The number of benzene rings is 1. The second-order valence-electron chi connectivity index (χ2n) is 18.3. The highest BCUT2D eigenvalue weighted by molar-refractivity contribution is 6.74. The van der Waals surface area contributed by atoms with Gasteiger partial charge in [0.25, 0.3) is 0 Å². The first kappa shape index (κ1) is 44.1. The Morgan fingerprint density at radius 1 is 0.843 bits per heavy atom. The highest BCUT2D eigenvalue weighted by atomic mass is 28.4. The van der Waals surface area contributed by atoms with Crippen molar-refractivity contribution < 1.29 is 28.2 Å². The maximum atomic E-state index is 12.4. The summed E-state index contributed by atoms with van der Waals surface area (Å²) in [5.74, 6) is 2.86. The van der Waals surface area contributed by atoms with Crippen LogP contribution in [0.3, 0.4) is 0 Å². The Labute approximate surface area is 316 Å². The minimum absolute atomic E-state index is 0.0159. The van der Waals surface area contributed by atoms with Crippen molar-refractivity contribution in [1.29, 1.82) is 0 Å². The van der Waals surface area contributed by atoms with E-state index in [2.05, 4.69) is 102 Å². The van der Waals surface area contributed by atoms with E-state index in [-0.39, 0.29) is 40.9 Å². The van der Waals surface area contributed by atoms with Gasteiger partial charge < -0.3 is 28.2 Å². The van der Waals surface area contributed by atoms with Crippen molar-refractivity contribution in [3.05, 3.63) is 28.3 Å². The van der Waals surface area contributed by atoms with Crippen molar-refractivity contribution in [3.8, 4) is 17.2 Å². The van der Waals surface area contributed by atoms with Crippen LogP contribution in [0.4, 0.5) is 0 Å². The fraction of sp³-hybridized carbons (Fsp3) is 0.814. The van der Waals surface area contributed by atoms with Crippen LogP contribution in [0.2, 0.25) is 36.3 Å². The third-order valence-electron chi connectivity index (χ3n) is 13.4. The van der Waals surface area contributed by atoms with E-state index < -0.39 is 22.7 Å². The number of phenolic OH excluding ortho intramolecular Hbond substituents is 1. The van der Waals surface area contributed by atoms with Gasteiger partial charge >= 0.3 is 0 Å². The molecule has 1 fully saturated rings. The normalized spacial score (nSPS) is 31.4. The number of allylic oxidation sites excluding steroid dienone is 2. The van der Waals surface area contributed by atoms with Crippen LogP contribution in [0.25, 0.3) is 0 Å². The van der Waals surface area contributed by atoms with E-state index in [4.69, 9.17) is 23.1 Å². The summed E-state index contributed by atoms with van der Waals surface area (Å²) in [6.45, 7) is 34.7. The molecule has 294 valence electrons. The van der Waals surface area contributed by atoms with Gasteiger partial charge in [-0.2, -0.15) is 0 Å². The average molecular weight is 747 g/mol. The Kier molecular flexibility index (Phi) is 15.4. The summed E-state index contributed by atoms with van der Waals surface area (Å²) in [5, 5.41) is 12.4. The molecule has 8 heteroatoms. The maximum absolute atomic E-state index is 12.4. The van der Waals surface area contributed by atoms with Gasteiger partial charge in [0, 0.05) is 34.9 Å². The van der Waals surface area contributed by atoms with E-state index in [0.29, 0.717) is 29.9 Å². The molecule has 1 aromatic rings. The van der Waals surface area contributed by atoms with Gasteiger partial charge in [-0.15, -0.1) is 0 Å². The Morgan fingerprint density at radius 2 is 1.43 bits per heavy atom. The van der Waals surface area contributed by atoms with Crippen LogP contribution in [0.1, 0.15) is 132 Å². The number of hydrogen-bond donors (Lipinski definition) is 1. The van der Waals surface area contributed by atoms with Crippen molar-refractivity contribution in [1.82, 2.24) is 0 Å². The van der Waals surface area contributed by atoms with Crippen LogP contribution in [0, 0.1) is 36.5 Å². The lowest BCUT2D eigenvalue weighted by atomic mass is 9.76. The van der Waals surface area contributed by atoms with E-state index in [9.17, 15) is 5.11 Å².